The second-order valence-corrected chi connectivity index (χ2v) is 16.1. The molecule has 1 unspecified atom stereocenters. The van der Waals surface area contributed by atoms with Crippen LogP contribution in [0.15, 0.2) is 60.8 Å². The lowest BCUT2D eigenvalue weighted by Gasteiger charge is -2.20. The van der Waals surface area contributed by atoms with E-state index in [1.54, 1.807) is 0 Å². The maximum atomic E-state index is 12.6. The first-order chi connectivity index (χ1) is 27.7. The molecule has 57 heavy (non-hydrogen) atoms. The van der Waals surface area contributed by atoms with Gasteiger partial charge in [0.25, 0.3) is 0 Å². The van der Waals surface area contributed by atoms with Crippen molar-refractivity contribution in [3.8, 4) is 0 Å². The molecule has 0 fully saturated rings. The van der Waals surface area contributed by atoms with Crippen molar-refractivity contribution in [2.45, 2.75) is 193 Å². The molecule has 0 aromatic rings. The molecule has 0 radical (unpaired) electrons. The van der Waals surface area contributed by atoms with E-state index in [1.165, 1.54) is 83.5 Å². The Morgan fingerprint density at radius 2 is 0.965 bits per heavy atom. The maximum Gasteiger partial charge on any atom is 0.472 e. The van der Waals surface area contributed by atoms with Crippen LogP contribution in [0.25, 0.3) is 0 Å². The zero-order chi connectivity index (χ0) is 41.9. The molecule has 11 heteroatoms. The lowest BCUT2D eigenvalue weighted by atomic mass is 10.1. The molecule has 0 saturated heterocycles. The Bertz CT molecular complexity index is 1130. The molecular formula is C46H81O10P. The van der Waals surface area contributed by atoms with Gasteiger partial charge in [-0.1, -0.05) is 152 Å². The van der Waals surface area contributed by atoms with Crippen LogP contribution >= 0.6 is 7.82 Å². The summed E-state index contributed by atoms with van der Waals surface area (Å²) in [5.74, 6) is -0.977. The normalized spacial score (nSPS) is 14.4. The zero-order valence-corrected chi connectivity index (χ0v) is 36.7. The van der Waals surface area contributed by atoms with Crippen LogP contribution in [0.1, 0.15) is 181 Å². The number of aliphatic hydroxyl groups is 2. The molecule has 0 amide bonds. The van der Waals surface area contributed by atoms with Crippen molar-refractivity contribution in [2.75, 3.05) is 26.4 Å². The first kappa shape index (κ1) is 54.7. The fourth-order valence-electron chi connectivity index (χ4n) is 5.74. The standard InChI is InChI=1S/C46H81O10P/c1-3-5-7-9-11-13-15-17-19-20-21-22-24-26-28-30-32-34-36-38-46(50)56-44(42-55-57(51,52)54-40-43(48)39-47)41-53-45(49)37-35-33-31-29-27-25-23-18-16-14-12-10-8-6-4-2/h6,8,12,14,17-19,23,27,29,43-44,47-48H,3-5,7,9-11,13,15-16,20-22,24-26,28,30-42H2,1-2H3,(H,51,52)/b8-6+,14-12+,19-17+,23-18+,29-27+/t43-,44+/m0/s1. The van der Waals surface area contributed by atoms with Crippen LogP contribution in [0.4, 0.5) is 0 Å². The number of carbonyl (C=O) groups excluding carboxylic acids is 2. The van der Waals surface area contributed by atoms with E-state index in [0.717, 1.165) is 57.8 Å². The van der Waals surface area contributed by atoms with Crippen molar-refractivity contribution in [1.29, 1.82) is 0 Å². The van der Waals surface area contributed by atoms with E-state index in [9.17, 15) is 24.2 Å². The van der Waals surface area contributed by atoms with Gasteiger partial charge in [-0.15, -0.1) is 0 Å². The van der Waals surface area contributed by atoms with Crippen molar-refractivity contribution in [2.24, 2.45) is 0 Å². The smallest absolute Gasteiger partial charge is 0.462 e. The highest BCUT2D eigenvalue weighted by Crippen LogP contribution is 2.43. The molecule has 3 atom stereocenters. The third-order valence-electron chi connectivity index (χ3n) is 9.16. The number of carbonyl (C=O) groups is 2. The number of phosphoric ester groups is 1. The highest BCUT2D eigenvalue weighted by Gasteiger charge is 2.27. The van der Waals surface area contributed by atoms with E-state index >= 15 is 0 Å². The van der Waals surface area contributed by atoms with Gasteiger partial charge in [0.05, 0.1) is 19.8 Å². The summed E-state index contributed by atoms with van der Waals surface area (Å²) in [5, 5.41) is 18.3. The minimum Gasteiger partial charge on any atom is -0.462 e. The lowest BCUT2D eigenvalue weighted by molar-refractivity contribution is -0.161. The first-order valence-corrected chi connectivity index (χ1v) is 23.7. The highest BCUT2D eigenvalue weighted by molar-refractivity contribution is 7.47. The average molecular weight is 825 g/mol. The summed E-state index contributed by atoms with van der Waals surface area (Å²) in [4.78, 5) is 35.0. The van der Waals surface area contributed by atoms with Gasteiger partial charge in [0.15, 0.2) is 6.10 Å². The third-order valence-corrected chi connectivity index (χ3v) is 10.1. The van der Waals surface area contributed by atoms with E-state index in [2.05, 4.69) is 79.1 Å². The predicted octanol–water partition coefficient (Wildman–Crippen LogP) is 11.9. The van der Waals surface area contributed by atoms with E-state index in [4.69, 9.17) is 19.1 Å². The first-order valence-electron chi connectivity index (χ1n) is 22.2. The van der Waals surface area contributed by atoms with Gasteiger partial charge in [-0.3, -0.25) is 18.6 Å². The van der Waals surface area contributed by atoms with Crippen LogP contribution in [-0.4, -0.2) is 65.7 Å². The van der Waals surface area contributed by atoms with Crippen LogP contribution in [0.2, 0.25) is 0 Å². The number of ether oxygens (including phenoxy) is 2. The second-order valence-electron chi connectivity index (χ2n) is 14.7. The van der Waals surface area contributed by atoms with E-state index < -0.39 is 51.8 Å². The number of hydrogen-bond donors (Lipinski definition) is 3. The molecule has 0 aliphatic heterocycles. The molecule has 3 N–H and O–H groups in total. The van der Waals surface area contributed by atoms with Gasteiger partial charge < -0.3 is 24.6 Å². The second kappa shape index (κ2) is 41.8. The summed E-state index contributed by atoms with van der Waals surface area (Å²) in [7, 11) is -4.63. The predicted molar refractivity (Wildman–Crippen MR) is 233 cm³/mol. The van der Waals surface area contributed by atoms with Crippen LogP contribution in [-0.2, 0) is 32.7 Å². The Labute approximate surface area is 346 Å². The molecule has 0 bridgehead atoms. The number of unbranched alkanes of at least 4 members (excludes halogenated alkanes) is 17. The van der Waals surface area contributed by atoms with E-state index in [1.807, 2.05) is 0 Å². The summed E-state index contributed by atoms with van der Waals surface area (Å²) >= 11 is 0. The number of aliphatic hydroxyl groups excluding tert-OH is 2. The Hall–Kier alpha value is -2.33. The van der Waals surface area contributed by atoms with Crippen molar-refractivity contribution < 1.29 is 47.8 Å². The Morgan fingerprint density at radius 1 is 0.544 bits per heavy atom. The monoisotopic (exact) mass is 825 g/mol. The van der Waals surface area contributed by atoms with Crippen LogP contribution < -0.4 is 0 Å². The van der Waals surface area contributed by atoms with Crippen molar-refractivity contribution in [1.82, 2.24) is 0 Å². The molecule has 10 nitrogen and oxygen atoms in total. The van der Waals surface area contributed by atoms with Gasteiger partial charge >= 0.3 is 19.8 Å². The summed E-state index contributed by atoms with van der Waals surface area (Å²) in [6.45, 7) is 2.21. The molecule has 0 heterocycles. The molecule has 0 spiro atoms. The van der Waals surface area contributed by atoms with Crippen LogP contribution in [0, 0.1) is 0 Å². The Kier molecular flexibility index (Phi) is 40.1. The van der Waals surface area contributed by atoms with Gasteiger partial charge in [0.2, 0.25) is 0 Å². The fourth-order valence-corrected chi connectivity index (χ4v) is 6.53. The number of hydrogen-bond acceptors (Lipinski definition) is 9. The molecule has 0 aromatic heterocycles. The zero-order valence-electron chi connectivity index (χ0n) is 35.8. The number of rotatable bonds is 41. The van der Waals surface area contributed by atoms with Gasteiger partial charge in [-0.05, 0) is 77.0 Å². The lowest BCUT2D eigenvalue weighted by Crippen LogP contribution is -2.29. The summed E-state index contributed by atoms with van der Waals surface area (Å²) in [6.07, 6.45) is 46.2. The minimum absolute atomic E-state index is 0.171. The van der Waals surface area contributed by atoms with Crippen molar-refractivity contribution in [3.05, 3.63) is 60.8 Å². The van der Waals surface area contributed by atoms with Gasteiger partial charge in [-0.2, -0.15) is 0 Å². The summed E-state index contributed by atoms with van der Waals surface area (Å²) in [5.41, 5.74) is 0. The largest absolute Gasteiger partial charge is 0.472 e. The van der Waals surface area contributed by atoms with Gasteiger partial charge in [0.1, 0.15) is 12.7 Å². The molecule has 0 aliphatic carbocycles. The molecule has 0 rings (SSSR count). The summed E-state index contributed by atoms with van der Waals surface area (Å²) in [6, 6.07) is 0. The molecule has 330 valence electrons. The summed E-state index contributed by atoms with van der Waals surface area (Å²) < 4.78 is 32.7. The van der Waals surface area contributed by atoms with E-state index in [0.29, 0.717) is 12.8 Å². The molecular weight excluding hydrogens is 743 g/mol. The SMILES string of the molecule is CC/C=C/C/C=C/C/C=C/C/C=C/CCCCC(=O)OC[C@H](COP(=O)(O)OC[C@@H](O)CO)OC(=O)CCCCCCCCCCC/C=C/CCCCCCCC. The maximum absolute atomic E-state index is 12.6. The highest BCUT2D eigenvalue weighted by atomic mass is 31.2. The van der Waals surface area contributed by atoms with Gasteiger partial charge in [0, 0.05) is 12.8 Å². The number of phosphoric acid groups is 1. The number of esters is 2. The molecule has 0 aromatic carbocycles. The van der Waals surface area contributed by atoms with Crippen molar-refractivity contribution >= 4 is 19.8 Å². The minimum atomic E-state index is -4.63. The Morgan fingerprint density at radius 3 is 1.51 bits per heavy atom. The fraction of sp³-hybridized carbons (Fsp3) is 0.739. The molecule has 0 saturated carbocycles. The van der Waals surface area contributed by atoms with Gasteiger partial charge in [-0.25, -0.2) is 4.57 Å². The topological polar surface area (TPSA) is 149 Å². The molecule has 0 aliphatic rings. The number of allylic oxidation sites excluding steroid dienone is 10. The average Bonchev–Trinajstić information content (AvgIpc) is 3.20. The quantitative estimate of drug-likeness (QED) is 0.0235. The van der Waals surface area contributed by atoms with Crippen LogP contribution in [0.3, 0.4) is 0 Å². The van der Waals surface area contributed by atoms with Crippen LogP contribution in [0.5, 0.6) is 0 Å². The Balaban J connectivity index is 4.33. The van der Waals surface area contributed by atoms with E-state index in [-0.39, 0.29) is 19.4 Å². The van der Waals surface area contributed by atoms with Crippen molar-refractivity contribution in [3.63, 3.8) is 0 Å². The third kappa shape index (κ3) is 41.6.